The van der Waals surface area contributed by atoms with E-state index in [1.807, 2.05) is 42.5 Å². The molecule has 3 aromatic rings. The van der Waals surface area contributed by atoms with Crippen LogP contribution in [0.25, 0.3) is 17.0 Å². The predicted octanol–water partition coefficient (Wildman–Crippen LogP) is 3.34. The topological polar surface area (TPSA) is 67.0 Å². The maximum absolute atomic E-state index is 12.9. The van der Waals surface area contributed by atoms with Crippen LogP contribution in [0.3, 0.4) is 0 Å². The molecule has 5 rings (SSSR count). The maximum Gasteiger partial charge on any atom is 0.238 e. The number of ether oxygens (including phenoxy) is 1. The van der Waals surface area contributed by atoms with Crippen LogP contribution in [0, 0.1) is 0 Å². The summed E-state index contributed by atoms with van der Waals surface area (Å²) < 4.78 is 5.97. The molecule has 2 aromatic carbocycles. The number of nitrogens with zero attached hydrogens (tertiary/aromatic N) is 1. The van der Waals surface area contributed by atoms with Gasteiger partial charge in [0.15, 0.2) is 0 Å². The number of para-hydroxylation sites is 1. The largest absolute Gasteiger partial charge is 0.372 e. The lowest BCUT2D eigenvalue weighted by atomic mass is 9.89. The Kier molecular flexibility index (Phi) is 2.64. The summed E-state index contributed by atoms with van der Waals surface area (Å²) in [6.07, 6.45) is 2.36. The predicted molar refractivity (Wildman–Crippen MR) is 96.2 cm³/mol. The van der Waals surface area contributed by atoms with Crippen molar-refractivity contribution in [3.63, 3.8) is 0 Å². The molecule has 1 aliphatic heterocycles. The molecule has 5 heteroatoms. The van der Waals surface area contributed by atoms with Gasteiger partial charge in [-0.1, -0.05) is 36.9 Å². The number of hydrogen-bond acceptors (Lipinski definition) is 3. The lowest BCUT2D eigenvalue weighted by molar-refractivity contribution is -0.120. The third-order valence-electron chi connectivity index (χ3n) is 5.70. The number of rotatable bonds is 3. The van der Waals surface area contributed by atoms with Gasteiger partial charge in [-0.3, -0.25) is 9.89 Å². The Balaban J connectivity index is 1.69. The number of benzene rings is 2. The normalized spacial score (nSPS) is 26.7. The molecule has 0 bridgehead atoms. The second-order valence-corrected chi connectivity index (χ2v) is 6.69. The summed E-state index contributed by atoms with van der Waals surface area (Å²) in [5.41, 5.74) is 3.29. The van der Waals surface area contributed by atoms with Gasteiger partial charge in [0, 0.05) is 24.6 Å². The van der Waals surface area contributed by atoms with E-state index in [4.69, 9.17) is 4.74 Å². The standard InChI is InChI=1S/C20H17N3O2/c1-3-15-13-9-8-12(10-17(13)23-22-15)20(25-2)11-19(20)14-6-4-5-7-16(14)21-18(19)24/h3-10H,1,11H2,2H3,(H,21,24)(H,22,23). The summed E-state index contributed by atoms with van der Waals surface area (Å²) >= 11 is 0. The van der Waals surface area contributed by atoms with Gasteiger partial charge in [-0.2, -0.15) is 5.10 Å². The molecule has 0 radical (unpaired) electrons. The van der Waals surface area contributed by atoms with Crippen molar-refractivity contribution >= 4 is 28.6 Å². The zero-order valence-corrected chi connectivity index (χ0v) is 13.8. The van der Waals surface area contributed by atoms with E-state index in [2.05, 4.69) is 22.1 Å². The molecule has 2 atom stereocenters. The molecule has 2 unspecified atom stereocenters. The molecule has 2 aliphatic rings. The number of carbonyl (C=O) groups excluding carboxylic acids is 1. The molecule has 124 valence electrons. The Bertz CT molecular complexity index is 1050. The van der Waals surface area contributed by atoms with Crippen molar-refractivity contribution in [1.82, 2.24) is 10.2 Å². The Hall–Kier alpha value is -2.92. The highest BCUT2D eigenvalue weighted by Gasteiger charge is 2.77. The number of anilines is 1. The fourth-order valence-corrected chi connectivity index (χ4v) is 4.38. The van der Waals surface area contributed by atoms with Crippen LogP contribution in [0.2, 0.25) is 0 Å². The van der Waals surface area contributed by atoms with E-state index >= 15 is 0 Å². The van der Waals surface area contributed by atoms with Gasteiger partial charge in [0.1, 0.15) is 11.0 Å². The van der Waals surface area contributed by atoms with Crippen molar-refractivity contribution in [1.29, 1.82) is 0 Å². The van der Waals surface area contributed by atoms with Crippen LogP contribution >= 0.6 is 0 Å². The van der Waals surface area contributed by atoms with Crippen LogP contribution in [-0.2, 0) is 20.5 Å². The van der Waals surface area contributed by atoms with Crippen molar-refractivity contribution in [3.8, 4) is 0 Å². The fourth-order valence-electron chi connectivity index (χ4n) is 4.38. The number of methoxy groups -OCH3 is 1. The molecule has 25 heavy (non-hydrogen) atoms. The first kappa shape index (κ1) is 14.4. The molecule has 1 aromatic heterocycles. The van der Waals surface area contributed by atoms with E-state index in [0.29, 0.717) is 6.42 Å². The Morgan fingerprint density at radius 1 is 1.28 bits per heavy atom. The first-order valence-electron chi connectivity index (χ1n) is 8.23. The van der Waals surface area contributed by atoms with E-state index in [1.54, 1.807) is 13.2 Å². The molecular formula is C20H17N3O2. The molecular weight excluding hydrogens is 314 g/mol. The molecule has 1 saturated carbocycles. The van der Waals surface area contributed by atoms with Crippen molar-refractivity contribution < 1.29 is 9.53 Å². The molecule has 1 spiro atoms. The van der Waals surface area contributed by atoms with Gasteiger partial charge in [0.2, 0.25) is 5.91 Å². The van der Waals surface area contributed by atoms with Crippen LogP contribution in [0.15, 0.2) is 49.0 Å². The zero-order chi connectivity index (χ0) is 17.2. The number of nitrogens with one attached hydrogen (secondary N) is 2. The summed E-state index contributed by atoms with van der Waals surface area (Å²) in [4.78, 5) is 12.9. The fraction of sp³-hybridized carbons (Fsp3) is 0.200. The molecule has 5 nitrogen and oxygen atoms in total. The Labute approximate surface area is 144 Å². The summed E-state index contributed by atoms with van der Waals surface area (Å²) in [5.74, 6) is 0.00652. The Morgan fingerprint density at radius 2 is 2.12 bits per heavy atom. The number of amides is 1. The highest BCUT2D eigenvalue weighted by Crippen LogP contribution is 2.69. The number of aromatic nitrogens is 2. The zero-order valence-electron chi connectivity index (χ0n) is 13.8. The minimum absolute atomic E-state index is 0.00652. The van der Waals surface area contributed by atoms with E-state index in [9.17, 15) is 4.79 Å². The molecule has 0 saturated heterocycles. The summed E-state index contributed by atoms with van der Waals surface area (Å²) in [7, 11) is 1.68. The summed E-state index contributed by atoms with van der Waals surface area (Å²) in [5, 5.41) is 11.3. The third-order valence-corrected chi connectivity index (χ3v) is 5.70. The number of H-pyrrole nitrogens is 1. The van der Waals surface area contributed by atoms with E-state index < -0.39 is 11.0 Å². The van der Waals surface area contributed by atoms with E-state index in [0.717, 1.165) is 33.4 Å². The number of carbonyl (C=O) groups is 1. The van der Waals surface area contributed by atoms with Crippen molar-refractivity contribution in [2.75, 3.05) is 12.4 Å². The third kappa shape index (κ3) is 1.56. The molecule has 1 amide bonds. The minimum Gasteiger partial charge on any atom is -0.372 e. The first-order chi connectivity index (χ1) is 12.2. The highest BCUT2D eigenvalue weighted by atomic mass is 16.5. The van der Waals surface area contributed by atoms with E-state index in [-0.39, 0.29) is 5.91 Å². The SMILES string of the molecule is C=Cc1n[nH]c2cc(C3(OC)CC34C(=O)Nc3ccccc34)ccc12. The maximum atomic E-state index is 12.9. The summed E-state index contributed by atoms with van der Waals surface area (Å²) in [6.45, 7) is 3.79. The van der Waals surface area contributed by atoms with Crippen molar-refractivity contribution in [2.24, 2.45) is 0 Å². The van der Waals surface area contributed by atoms with Crippen LogP contribution < -0.4 is 5.32 Å². The molecule has 2 N–H and O–H groups in total. The monoisotopic (exact) mass is 331 g/mol. The minimum atomic E-state index is -0.659. The quantitative estimate of drug-likeness (QED) is 0.773. The average Bonchev–Trinajstić information content (AvgIpc) is 3.04. The number of aromatic amines is 1. The van der Waals surface area contributed by atoms with Crippen LogP contribution in [0.5, 0.6) is 0 Å². The molecule has 1 fully saturated rings. The Morgan fingerprint density at radius 3 is 2.92 bits per heavy atom. The van der Waals surface area contributed by atoms with Gasteiger partial charge in [-0.05, 0) is 29.3 Å². The first-order valence-corrected chi connectivity index (χ1v) is 8.23. The van der Waals surface area contributed by atoms with Crippen LogP contribution in [0.4, 0.5) is 5.69 Å². The van der Waals surface area contributed by atoms with Gasteiger partial charge in [0.05, 0.1) is 11.2 Å². The lowest BCUT2D eigenvalue weighted by Gasteiger charge is -2.21. The van der Waals surface area contributed by atoms with Crippen LogP contribution in [-0.4, -0.2) is 23.2 Å². The highest BCUT2D eigenvalue weighted by molar-refractivity contribution is 6.10. The van der Waals surface area contributed by atoms with Crippen molar-refractivity contribution in [3.05, 3.63) is 65.9 Å². The average molecular weight is 331 g/mol. The van der Waals surface area contributed by atoms with Gasteiger partial charge in [-0.25, -0.2) is 0 Å². The van der Waals surface area contributed by atoms with Gasteiger partial charge >= 0.3 is 0 Å². The second kappa shape index (κ2) is 4.58. The van der Waals surface area contributed by atoms with Crippen LogP contribution in [0.1, 0.15) is 23.2 Å². The second-order valence-electron chi connectivity index (χ2n) is 6.69. The molecule has 1 aliphatic carbocycles. The van der Waals surface area contributed by atoms with Crippen molar-refractivity contribution in [2.45, 2.75) is 17.4 Å². The molecule has 2 heterocycles. The van der Waals surface area contributed by atoms with Gasteiger partial charge in [0.25, 0.3) is 0 Å². The lowest BCUT2D eigenvalue weighted by Crippen LogP contribution is -2.30. The van der Waals surface area contributed by atoms with Gasteiger partial charge in [-0.15, -0.1) is 0 Å². The number of hydrogen-bond donors (Lipinski definition) is 2. The van der Waals surface area contributed by atoms with E-state index in [1.165, 1.54) is 0 Å². The number of fused-ring (bicyclic) bond motifs is 3. The smallest absolute Gasteiger partial charge is 0.238 e. The summed E-state index contributed by atoms with van der Waals surface area (Å²) in [6, 6.07) is 13.9. The van der Waals surface area contributed by atoms with Gasteiger partial charge < -0.3 is 10.1 Å².